The Labute approximate surface area is 140 Å². The molecular weight excluding hydrogens is 300 g/mol. The zero-order chi connectivity index (χ0) is 16.2. The van der Waals surface area contributed by atoms with E-state index in [0.717, 1.165) is 22.6 Å². The molecule has 0 saturated carbocycles. The molecule has 0 unspecified atom stereocenters. The van der Waals surface area contributed by atoms with Gasteiger partial charge in [0, 0.05) is 24.4 Å². The van der Waals surface area contributed by atoms with Gasteiger partial charge in [0.15, 0.2) is 5.82 Å². The first-order valence-electron chi connectivity index (χ1n) is 7.80. The quantitative estimate of drug-likeness (QED) is 0.746. The Balaban J connectivity index is 1.67. The van der Waals surface area contributed by atoms with E-state index in [0.29, 0.717) is 12.2 Å². The van der Waals surface area contributed by atoms with Gasteiger partial charge in [0.1, 0.15) is 11.9 Å². The molecule has 4 rings (SSSR count). The molecule has 0 spiro atoms. The van der Waals surface area contributed by atoms with Crippen molar-refractivity contribution in [2.45, 2.75) is 12.5 Å². The van der Waals surface area contributed by atoms with Crippen LogP contribution >= 0.6 is 0 Å². The molecule has 1 aliphatic heterocycles. The van der Waals surface area contributed by atoms with Crippen LogP contribution in [0, 0.1) is 0 Å². The smallest absolute Gasteiger partial charge is 0.164 e. The number of hydrogen-bond donors (Lipinski definition) is 1. The van der Waals surface area contributed by atoms with Crippen molar-refractivity contribution in [1.82, 2.24) is 9.97 Å². The molecule has 24 heavy (non-hydrogen) atoms. The Bertz CT molecular complexity index is 850. The predicted molar refractivity (Wildman–Crippen MR) is 93.1 cm³/mol. The van der Waals surface area contributed by atoms with Crippen molar-refractivity contribution in [2.75, 3.05) is 5.43 Å². The van der Waals surface area contributed by atoms with Gasteiger partial charge in [-0.2, -0.15) is 5.10 Å². The minimum absolute atomic E-state index is 0.0523. The van der Waals surface area contributed by atoms with Gasteiger partial charge in [-0.05, 0) is 17.7 Å². The van der Waals surface area contributed by atoms with Gasteiger partial charge in [0.2, 0.25) is 0 Å². The van der Waals surface area contributed by atoms with Crippen LogP contribution in [0.25, 0.3) is 0 Å². The van der Waals surface area contributed by atoms with Gasteiger partial charge in [-0.15, -0.1) is 0 Å². The Hall–Kier alpha value is -3.21. The number of hydrazone groups is 1. The zero-order valence-electron chi connectivity index (χ0n) is 13.0. The highest BCUT2D eigenvalue weighted by atomic mass is 16.5. The lowest BCUT2D eigenvalue weighted by molar-refractivity contribution is 0.206. The number of nitrogens with zero attached hydrogens (tertiary/aromatic N) is 3. The van der Waals surface area contributed by atoms with E-state index in [4.69, 9.17) is 4.74 Å². The molecule has 5 nitrogen and oxygen atoms in total. The van der Waals surface area contributed by atoms with Gasteiger partial charge in [0.25, 0.3) is 0 Å². The van der Waals surface area contributed by atoms with Crippen LogP contribution in [-0.4, -0.2) is 15.7 Å². The maximum absolute atomic E-state index is 6.16. The van der Waals surface area contributed by atoms with E-state index in [9.17, 15) is 0 Å². The molecule has 0 fully saturated rings. The SMILES string of the molecule is c1ccc([C@H]2CC(=NNc3cnccn3)c3ccccc3O2)cc1. The first-order valence-corrected chi connectivity index (χ1v) is 7.80. The Morgan fingerprint density at radius 1 is 1.00 bits per heavy atom. The summed E-state index contributed by atoms with van der Waals surface area (Å²) in [6.45, 7) is 0. The van der Waals surface area contributed by atoms with Gasteiger partial charge in [0.05, 0.1) is 11.9 Å². The molecule has 1 aromatic heterocycles. The first kappa shape index (κ1) is 14.4. The minimum atomic E-state index is -0.0523. The van der Waals surface area contributed by atoms with E-state index in [1.807, 2.05) is 42.5 Å². The van der Waals surface area contributed by atoms with Crippen molar-refractivity contribution in [3.63, 3.8) is 0 Å². The number of ether oxygens (including phenoxy) is 1. The number of hydrogen-bond acceptors (Lipinski definition) is 5. The fraction of sp³-hybridized carbons (Fsp3) is 0.105. The Morgan fingerprint density at radius 2 is 1.83 bits per heavy atom. The molecule has 3 aromatic rings. The molecule has 1 aliphatic rings. The van der Waals surface area contributed by atoms with Crippen molar-refractivity contribution >= 4 is 11.5 Å². The Morgan fingerprint density at radius 3 is 2.67 bits per heavy atom. The van der Waals surface area contributed by atoms with E-state index < -0.39 is 0 Å². The number of rotatable bonds is 3. The van der Waals surface area contributed by atoms with Gasteiger partial charge in [-0.1, -0.05) is 42.5 Å². The van der Waals surface area contributed by atoms with Gasteiger partial charge in [-0.25, -0.2) is 4.98 Å². The summed E-state index contributed by atoms with van der Waals surface area (Å²) < 4.78 is 6.16. The number of nitrogens with one attached hydrogen (secondary N) is 1. The summed E-state index contributed by atoms with van der Waals surface area (Å²) in [6, 6.07) is 18.2. The normalized spacial score (nSPS) is 17.8. The summed E-state index contributed by atoms with van der Waals surface area (Å²) in [4.78, 5) is 8.22. The molecule has 0 saturated heterocycles. The molecule has 1 atom stereocenters. The fourth-order valence-corrected chi connectivity index (χ4v) is 2.73. The lowest BCUT2D eigenvalue weighted by atomic mass is 9.96. The average Bonchev–Trinajstić information content (AvgIpc) is 2.67. The van der Waals surface area contributed by atoms with Crippen LogP contribution in [0.1, 0.15) is 23.7 Å². The second-order valence-corrected chi connectivity index (χ2v) is 5.48. The van der Waals surface area contributed by atoms with Crippen LogP contribution in [0.3, 0.4) is 0 Å². The molecule has 0 aliphatic carbocycles. The number of fused-ring (bicyclic) bond motifs is 1. The minimum Gasteiger partial charge on any atom is -0.485 e. The number of anilines is 1. The van der Waals surface area contributed by atoms with E-state index in [1.165, 1.54) is 0 Å². The van der Waals surface area contributed by atoms with Crippen LogP contribution in [0.2, 0.25) is 0 Å². The maximum Gasteiger partial charge on any atom is 0.164 e. The summed E-state index contributed by atoms with van der Waals surface area (Å²) in [5, 5.41) is 4.55. The molecule has 2 aromatic carbocycles. The van der Waals surface area contributed by atoms with Crippen molar-refractivity contribution in [3.05, 3.63) is 84.3 Å². The largest absolute Gasteiger partial charge is 0.485 e. The topological polar surface area (TPSA) is 59.4 Å². The second kappa shape index (κ2) is 6.50. The third-order valence-corrected chi connectivity index (χ3v) is 3.89. The van der Waals surface area contributed by atoms with Crippen LogP contribution in [-0.2, 0) is 0 Å². The van der Waals surface area contributed by atoms with Crippen molar-refractivity contribution in [1.29, 1.82) is 0 Å². The molecular formula is C19H16N4O. The standard InChI is InChI=1S/C19H16N4O/c1-2-6-14(7-3-1)18-12-16(15-8-4-5-9-17(15)24-18)22-23-19-13-20-10-11-21-19/h1-11,13,18H,12H2,(H,21,23)/t18-/m1/s1. The predicted octanol–water partition coefficient (Wildman–Crippen LogP) is 3.82. The fourth-order valence-electron chi connectivity index (χ4n) is 2.73. The van der Waals surface area contributed by atoms with Crippen molar-refractivity contribution in [2.24, 2.45) is 5.10 Å². The molecule has 118 valence electrons. The number of aromatic nitrogens is 2. The highest BCUT2D eigenvalue weighted by Gasteiger charge is 2.26. The second-order valence-electron chi connectivity index (χ2n) is 5.48. The highest BCUT2D eigenvalue weighted by molar-refractivity contribution is 6.04. The zero-order valence-corrected chi connectivity index (χ0v) is 13.0. The molecule has 0 radical (unpaired) electrons. The van der Waals surface area contributed by atoms with E-state index >= 15 is 0 Å². The van der Waals surface area contributed by atoms with Crippen LogP contribution in [0.4, 0.5) is 5.82 Å². The third-order valence-electron chi connectivity index (χ3n) is 3.89. The average molecular weight is 316 g/mol. The first-order chi connectivity index (χ1) is 11.9. The maximum atomic E-state index is 6.16. The summed E-state index contributed by atoms with van der Waals surface area (Å²) >= 11 is 0. The summed E-state index contributed by atoms with van der Waals surface area (Å²) in [5.41, 5.74) is 6.07. The molecule has 0 amide bonds. The van der Waals surface area contributed by atoms with E-state index in [2.05, 4.69) is 32.6 Å². The van der Waals surface area contributed by atoms with Crippen LogP contribution in [0.15, 0.2) is 78.3 Å². The number of para-hydroxylation sites is 1. The third kappa shape index (κ3) is 2.96. The molecule has 2 heterocycles. The highest BCUT2D eigenvalue weighted by Crippen LogP contribution is 2.35. The molecule has 5 heteroatoms. The lowest BCUT2D eigenvalue weighted by Gasteiger charge is -2.27. The Kier molecular flexibility index (Phi) is 3.90. The van der Waals surface area contributed by atoms with Gasteiger partial charge in [-0.3, -0.25) is 10.4 Å². The monoisotopic (exact) mass is 316 g/mol. The molecule has 0 bridgehead atoms. The van der Waals surface area contributed by atoms with Crippen LogP contribution in [0.5, 0.6) is 5.75 Å². The molecule has 1 N–H and O–H groups in total. The summed E-state index contributed by atoms with van der Waals surface area (Å²) in [6.07, 6.45) is 5.54. The van der Waals surface area contributed by atoms with E-state index in [1.54, 1.807) is 18.6 Å². The van der Waals surface area contributed by atoms with Crippen LogP contribution < -0.4 is 10.2 Å². The lowest BCUT2D eigenvalue weighted by Crippen LogP contribution is -2.21. The number of benzene rings is 2. The van der Waals surface area contributed by atoms with Gasteiger partial charge < -0.3 is 4.74 Å². The van der Waals surface area contributed by atoms with Crippen molar-refractivity contribution < 1.29 is 4.74 Å². The van der Waals surface area contributed by atoms with Gasteiger partial charge >= 0.3 is 0 Å². The van der Waals surface area contributed by atoms with E-state index in [-0.39, 0.29) is 6.10 Å². The summed E-state index contributed by atoms with van der Waals surface area (Å²) in [7, 11) is 0. The van der Waals surface area contributed by atoms with Crippen molar-refractivity contribution in [3.8, 4) is 5.75 Å². The summed E-state index contributed by atoms with van der Waals surface area (Å²) in [5.74, 6) is 1.46.